The molecule has 5 atom stereocenters. The quantitative estimate of drug-likeness (QED) is 0.276. The Morgan fingerprint density at radius 3 is 2.33 bits per heavy atom. The van der Waals surface area contributed by atoms with Crippen molar-refractivity contribution >= 4 is 17.7 Å². The van der Waals surface area contributed by atoms with E-state index in [1.807, 2.05) is 6.07 Å². The van der Waals surface area contributed by atoms with E-state index in [-0.39, 0.29) is 17.4 Å². The number of phenolic OH excluding ortho intramolecular Hbond substituents is 1. The molecule has 5 aliphatic rings. The first-order chi connectivity index (χ1) is 19.0. The first kappa shape index (κ1) is 28.0. The van der Waals surface area contributed by atoms with Gasteiger partial charge in [-0.1, -0.05) is 12.5 Å². The van der Waals surface area contributed by atoms with Crippen LogP contribution < -0.4 is 16.2 Å². The van der Waals surface area contributed by atoms with Crippen LogP contribution in [0.25, 0.3) is 0 Å². The average molecular weight is 556 g/mol. The Morgan fingerprint density at radius 2 is 1.73 bits per heavy atom. The summed E-state index contributed by atoms with van der Waals surface area (Å²) in [5.41, 5.74) is 10.9. The molecule has 11 heteroatoms. The lowest BCUT2D eigenvalue weighted by Crippen LogP contribution is -2.77. The first-order valence-electron chi connectivity index (χ1n) is 13.7. The van der Waals surface area contributed by atoms with Crippen LogP contribution in [0.5, 0.6) is 11.5 Å². The fourth-order valence-electron chi connectivity index (χ4n) is 7.46. The van der Waals surface area contributed by atoms with E-state index in [0.29, 0.717) is 24.3 Å². The number of nitrogens with zero attached hydrogens (tertiary/aromatic N) is 1. The number of aliphatic hydroxyl groups excluding tert-OH is 1. The number of nitrogen functional groups attached to an aromatic ring is 1. The summed E-state index contributed by atoms with van der Waals surface area (Å²) in [5, 5.41) is 48.8. The van der Waals surface area contributed by atoms with Crippen LogP contribution in [0.1, 0.15) is 60.0 Å². The molecule has 2 aromatic rings. The number of likely N-dealkylation sites (tertiary alicyclic amines) is 1. The maximum Gasteiger partial charge on any atom is 0.402 e. The molecule has 2 aromatic carbocycles. The highest BCUT2D eigenvalue weighted by molar-refractivity contribution is 5.87. The summed E-state index contributed by atoms with van der Waals surface area (Å²) in [4.78, 5) is 21.6. The molecule has 40 heavy (non-hydrogen) atoms. The zero-order valence-corrected chi connectivity index (χ0v) is 22.2. The number of hydrogen-bond donors (Lipinski definition) is 7. The van der Waals surface area contributed by atoms with Gasteiger partial charge < -0.3 is 41.7 Å². The summed E-state index contributed by atoms with van der Waals surface area (Å²) in [5.74, 6) is 0.490. The van der Waals surface area contributed by atoms with Crippen molar-refractivity contribution in [1.29, 1.82) is 0 Å². The largest absolute Gasteiger partial charge is 0.504 e. The van der Waals surface area contributed by atoms with Gasteiger partial charge in [0, 0.05) is 23.8 Å². The number of ether oxygens (including phenoxy) is 1. The van der Waals surface area contributed by atoms with Crippen LogP contribution in [0.2, 0.25) is 0 Å². The van der Waals surface area contributed by atoms with Gasteiger partial charge in [0.05, 0.1) is 22.7 Å². The van der Waals surface area contributed by atoms with E-state index in [1.54, 1.807) is 18.2 Å². The Labute approximate surface area is 232 Å². The van der Waals surface area contributed by atoms with Crippen LogP contribution in [0.15, 0.2) is 36.4 Å². The minimum absolute atomic E-state index is 0.0819. The number of carboxylic acid groups (broad SMARTS) is 2. The van der Waals surface area contributed by atoms with Crippen molar-refractivity contribution in [2.75, 3.05) is 18.8 Å². The number of carboxylic acids is 1. The number of piperidine rings is 1. The topological polar surface area (TPSA) is 200 Å². The van der Waals surface area contributed by atoms with Crippen LogP contribution >= 0.6 is 0 Å². The van der Waals surface area contributed by atoms with Gasteiger partial charge >= 0.3 is 12.1 Å². The molecule has 2 bridgehead atoms. The highest BCUT2D eigenvalue weighted by Gasteiger charge is 2.72. The van der Waals surface area contributed by atoms with Crippen LogP contribution in [-0.4, -0.2) is 79.4 Å². The fraction of sp³-hybridized carbons (Fsp3) is 0.517. The first-order valence-corrected chi connectivity index (χ1v) is 13.7. The maximum absolute atomic E-state index is 12.1. The summed E-state index contributed by atoms with van der Waals surface area (Å²) in [6, 6.07) is 9.85. The van der Waals surface area contributed by atoms with E-state index in [9.17, 15) is 20.1 Å². The van der Waals surface area contributed by atoms with Crippen molar-refractivity contribution in [3.8, 4) is 11.5 Å². The SMILES string of the molecule is NC(=O)O.Nc1ccc(C(=O)O)cc1.Oc1ccc2c3c1O[C@H]1[C@@H](O)CC[C@@]4(O)[C@@H](C2)N(CC2CCC2)CC[C@]314. The van der Waals surface area contributed by atoms with Crippen molar-refractivity contribution < 1.29 is 39.9 Å². The number of hydrogen-bond acceptors (Lipinski definition) is 8. The van der Waals surface area contributed by atoms with E-state index < -0.39 is 35.3 Å². The number of aromatic carboxylic acids is 1. The van der Waals surface area contributed by atoms with Gasteiger partial charge in [-0.2, -0.15) is 0 Å². The molecule has 11 nitrogen and oxygen atoms in total. The zero-order valence-electron chi connectivity index (χ0n) is 22.2. The van der Waals surface area contributed by atoms with Crippen molar-refractivity contribution in [2.24, 2.45) is 11.7 Å². The normalized spacial score (nSPS) is 31.2. The standard InChI is InChI=1S/C21H27NO4.C7H7NO2.CH3NO2/c23-14-5-4-13-10-16-21(25)7-6-15(24)19-20(21,17(13)18(14)26-19)8-9-22(16)11-12-2-1-3-12;8-6-3-1-5(2-4-6)7(9)10;2-1(3)4/h4-5,12,15-16,19,23-25H,1-3,6-11H2;1-4H,8H2,(H,9,10);2H2,(H,3,4)/t15-,16+,19-,20-,21+;;/m0../s1. The number of carbonyl (C=O) groups is 2. The summed E-state index contributed by atoms with van der Waals surface area (Å²) in [6.45, 7) is 2.02. The predicted molar refractivity (Wildman–Crippen MR) is 145 cm³/mol. The van der Waals surface area contributed by atoms with Gasteiger partial charge in [-0.3, -0.25) is 4.90 Å². The van der Waals surface area contributed by atoms with E-state index in [0.717, 1.165) is 37.4 Å². The molecule has 9 N–H and O–H groups in total. The number of anilines is 1. The molecule has 1 spiro atoms. The third-order valence-corrected chi connectivity index (χ3v) is 9.42. The number of aliphatic hydroxyl groups is 2. The number of phenols is 1. The van der Waals surface area contributed by atoms with Gasteiger partial charge in [-0.25, -0.2) is 9.59 Å². The minimum atomic E-state index is -1.33. The number of amides is 1. The highest BCUT2D eigenvalue weighted by Crippen LogP contribution is 2.65. The lowest BCUT2D eigenvalue weighted by Gasteiger charge is -2.64. The van der Waals surface area contributed by atoms with Gasteiger partial charge in [0.1, 0.15) is 6.10 Å². The Kier molecular flexibility index (Phi) is 7.32. The predicted octanol–water partition coefficient (Wildman–Crippen LogP) is 2.30. The van der Waals surface area contributed by atoms with Gasteiger partial charge in [0.2, 0.25) is 0 Å². The van der Waals surface area contributed by atoms with Crippen molar-refractivity contribution in [2.45, 2.75) is 74.2 Å². The molecular formula is C29H37N3O8. The second kappa shape index (κ2) is 10.5. The van der Waals surface area contributed by atoms with Gasteiger partial charge in [0.15, 0.2) is 11.5 Å². The Bertz CT molecular complexity index is 1280. The summed E-state index contributed by atoms with van der Waals surface area (Å²) in [6.07, 6.45) is 4.35. The zero-order chi connectivity index (χ0) is 28.8. The van der Waals surface area contributed by atoms with E-state index >= 15 is 0 Å². The molecule has 0 unspecified atom stereocenters. The number of rotatable bonds is 3. The minimum Gasteiger partial charge on any atom is -0.504 e. The molecule has 0 aromatic heterocycles. The second-order valence-corrected chi connectivity index (χ2v) is 11.5. The van der Waals surface area contributed by atoms with Crippen molar-refractivity contribution in [1.82, 2.24) is 4.90 Å². The maximum atomic E-state index is 12.1. The molecule has 216 valence electrons. The lowest BCUT2D eigenvalue weighted by atomic mass is 9.48. The van der Waals surface area contributed by atoms with Gasteiger partial charge in [-0.05, 0) is 86.9 Å². The smallest absolute Gasteiger partial charge is 0.402 e. The molecule has 0 radical (unpaired) electrons. The third kappa shape index (κ3) is 4.51. The Balaban J connectivity index is 0.000000193. The summed E-state index contributed by atoms with van der Waals surface area (Å²) in [7, 11) is 0. The van der Waals surface area contributed by atoms with Crippen LogP contribution in [0.4, 0.5) is 10.5 Å². The number of benzene rings is 2. The number of aromatic hydroxyl groups is 1. The molecule has 1 amide bonds. The van der Waals surface area contributed by atoms with Crippen LogP contribution in [-0.2, 0) is 11.8 Å². The number of primary amides is 1. The second-order valence-electron chi connectivity index (χ2n) is 11.5. The van der Waals surface area contributed by atoms with E-state index in [4.69, 9.17) is 25.5 Å². The third-order valence-electron chi connectivity index (χ3n) is 9.42. The van der Waals surface area contributed by atoms with E-state index in [2.05, 4.69) is 10.6 Å². The molecule has 2 saturated carbocycles. The van der Waals surface area contributed by atoms with Crippen molar-refractivity contribution in [3.63, 3.8) is 0 Å². The Hall–Kier alpha value is -3.54. The number of nitrogens with two attached hydrogens (primary N) is 2. The van der Waals surface area contributed by atoms with Crippen molar-refractivity contribution in [3.05, 3.63) is 53.1 Å². The molecule has 3 aliphatic carbocycles. The molecule has 2 aliphatic heterocycles. The highest BCUT2D eigenvalue weighted by atomic mass is 16.5. The molecule has 2 heterocycles. The van der Waals surface area contributed by atoms with Crippen LogP contribution in [0, 0.1) is 5.92 Å². The Morgan fingerprint density at radius 1 is 1.05 bits per heavy atom. The molecule has 7 rings (SSSR count). The van der Waals surface area contributed by atoms with E-state index in [1.165, 1.54) is 37.0 Å². The lowest BCUT2D eigenvalue weighted by molar-refractivity contribution is -0.209. The summed E-state index contributed by atoms with van der Waals surface area (Å²) < 4.78 is 6.16. The van der Waals surface area contributed by atoms with Gasteiger partial charge in [0.25, 0.3) is 0 Å². The molecular weight excluding hydrogens is 518 g/mol. The average Bonchev–Trinajstić information content (AvgIpc) is 3.23. The summed E-state index contributed by atoms with van der Waals surface area (Å²) >= 11 is 0. The monoisotopic (exact) mass is 555 g/mol. The van der Waals surface area contributed by atoms with Gasteiger partial charge in [-0.15, -0.1) is 0 Å². The molecule has 1 saturated heterocycles. The molecule has 3 fully saturated rings. The van der Waals surface area contributed by atoms with Crippen LogP contribution in [0.3, 0.4) is 0 Å². The fourth-order valence-corrected chi connectivity index (χ4v) is 7.46.